The highest BCUT2D eigenvalue weighted by molar-refractivity contribution is 6.01. The number of amides is 2. The van der Waals surface area contributed by atoms with E-state index in [2.05, 4.69) is 22.6 Å². The highest BCUT2D eigenvalue weighted by Gasteiger charge is 2.35. The summed E-state index contributed by atoms with van der Waals surface area (Å²) in [6.07, 6.45) is 2.84. The van der Waals surface area contributed by atoms with Crippen LogP contribution in [0.2, 0.25) is 0 Å². The third-order valence-corrected chi connectivity index (χ3v) is 6.97. The number of carbonyl (C=O) groups excluding carboxylic acids is 2. The first-order valence-electron chi connectivity index (χ1n) is 11.5. The number of aromatic nitrogens is 2. The number of hydrogen-bond donors (Lipinski definition) is 2. The first kappa shape index (κ1) is 20.9. The molecular weight excluding hydrogens is 404 g/mol. The molecule has 1 aromatic carbocycles. The van der Waals surface area contributed by atoms with Crippen LogP contribution in [0.4, 0.5) is 11.5 Å². The molecule has 4 heterocycles. The number of benzene rings is 1. The van der Waals surface area contributed by atoms with Crippen molar-refractivity contribution in [3.63, 3.8) is 0 Å². The summed E-state index contributed by atoms with van der Waals surface area (Å²) in [4.78, 5) is 39.5. The number of likely N-dealkylation sites (tertiary alicyclic amines) is 1. The van der Waals surface area contributed by atoms with E-state index in [1.165, 1.54) is 5.56 Å². The standard InChI is InChI=1S/C24H30N6O2/c1-25-23-18-14-29(2)10-9-20(18)27-22(28-23)15-7-11-30(12-8-15)24(32)17-13-21(31)26-19-6-4-3-5-16(17)19/h3-6,15,17H,7-14H2,1-2H3,(H,26,31)(H,25,27,28)/t17-/m0/s1. The number of anilines is 2. The van der Waals surface area contributed by atoms with Crippen LogP contribution in [-0.4, -0.2) is 65.3 Å². The van der Waals surface area contributed by atoms with E-state index in [0.717, 1.165) is 60.9 Å². The maximum atomic E-state index is 13.3. The number of likely N-dealkylation sites (N-methyl/N-ethyl adjacent to an activating group) is 1. The van der Waals surface area contributed by atoms with Gasteiger partial charge in [0, 0.05) is 63.2 Å². The van der Waals surface area contributed by atoms with Crippen LogP contribution < -0.4 is 10.6 Å². The van der Waals surface area contributed by atoms with Gasteiger partial charge >= 0.3 is 0 Å². The molecule has 2 amide bonds. The highest BCUT2D eigenvalue weighted by atomic mass is 16.2. The molecule has 0 spiro atoms. The summed E-state index contributed by atoms with van der Waals surface area (Å²) in [6, 6.07) is 7.62. The van der Waals surface area contributed by atoms with Crippen molar-refractivity contribution in [3.8, 4) is 0 Å². The van der Waals surface area contributed by atoms with Gasteiger partial charge in [-0.1, -0.05) is 18.2 Å². The zero-order chi connectivity index (χ0) is 22.2. The predicted molar refractivity (Wildman–Crippen MR) is 123 cm³/mol. The molecule has 1 saturated heterocycles. The van der Waals surface area contributed by atoms with Crippen LogP contribution in [0.1, 0.15) is 53.7 Å². The Kier molecular flexibility index (Phi) is 5.55. The molecule has 0 unspecified atom stereocenters. The van der Waals surface area contributed by atoms with E-state index in [1.54, 1.807) is 0 Å². The second-order valence-electron chi connectivity index (χ2n) is 9.09. The van der Waals surface area contributed by atoms with E-state index in [0.29, 0.717) is 13.1 Å². The second-order valence-corrected chi connectivity index (χ2v) is 9.09. The summed E-state index contributed by atoms with van der Waals surface area (Å²) in [5.41, 5.74) is 4.03. The quantitative estimate of drug-likeness (QED) is 0.771. The van der Waals surface area contributed by atoms with Gasteiger partial charge in [-0.2, -0.15) is 0 Å². The van der Waals surface area contributed by atoms with Gasteiger partial charge in [0.25, 0.3) is 0 Å². The molecule has 0 saturated carbocycles. The average molecular weight is 435 g/mol. The summed E-state index contributed by atoms with van der Waals surface area (Å²) in [5, 5.41) is 6.14. The molecular formula is C24H30N6O2. The number of hydrogen-bond acceptors (Lipinski definition) is 6. The largest absolute Gasteiger partial charge is 0.373 e. The molecule has 3 aliphatic rings. The topological polar surface area (TPSA) is 90.5 Å². The van der Waals surface area contributed by atoms with E-state index < -0.39 is 5.92 Å². The average Bonchev–Trinajstić information content (AvgIpc) is 2.82. The van der Waals surface area contributed by atoms with Gasteiger partial charge < -0.3 is 20.4 Å². The molecule has 8 nitrogen and oxygen atoms in total. The Morgan fingerprint density at radius 3 is 2.72 bits per heavy atom. The molecule has 1 aromatic heterocycles. The Hall–Kier alpha value is -3.00. The van der Waals surface area contributed by atoms with Crippen LogP contribution in [0.3, 0.4) is 0 Å². The summed E-state index contributed by atoms with van der Waals surface area (Å²) in [5.74, 6) is 1.63. The van der Waals surface area contributed by atoms with Crippen molar-refractivity contribution in [2.45, 2.75) is 44.1 Å². The summed E-state index contributed by atoms with van der Waals surface area (Å²) in [6.45, 7) is 3.22. The lowest BCUT2D eigenvalue weighted by molar-refractivity contribution is -0.136. The van der Waals surface area contributed by atoms with E-state index in [9.17, 15) is 9.59 Å². The van der Waals surface area contributed by atoms with Crippen LogP contribution in [-0.2, 0) is 22.6 Å². The summed E-state index contributed by atoms with van der Waals surface area (Å²) in [7, 11) is 4.04. The molecule has 168 valence electrons. The van der Waals surface area contributed by atoms with Gasteiger partial charge in [0.1, 0.15) is 11.6 Å². The van der Waals surface area contributed by atoms with E-state index in [4.69, 9.17) is 9.97 Å². The van der Waals surface area contributed by atoms with Crippen molar-refractivity contribution in [2.75, 3.05) is 44.4 Å². The first-order valence-corrected chi connectivity index (χ1v) is 11.5. The van der Waals surface area contributed by atoms with Gasteiger partial charge in [-0.25, -0.2) is 9.97 Å². The number of nitrogens with zero attached hydrogens (tertiary/aromatic N) is 4. The third kappa shape index (κ3) is 3.83. The minimum absolute atomic E-state index is 0.0519. The van der Waals surface area contributed by atoms with Gasteiger partial charge in [-0.3, -0.25) is 9.59 Å². The fourth-order valence-corrected chi connectivity index (χ4v) is 5.17. The lowest BCUT2D eigenvalue weighted by Crippen LogP contribution is -2.43. The number of nitrogens with one attached hydrogen (secondary N) is 2. The number of piperidine rings is 1. The smallest absolute Gasteiger partial charge is 0.230 e. The van der Waals surface area contributed by atoms with Gasteiger partial charge in [-0.15, -0.1) is 0 Å². The van der Waals surface area contributed by atoms with Crippen molar-refractivity contribution in [1.29, 1.82) is 0 Å². The molecule has 5 rings (SSSR count). The zero-order valence-electron chi connectivity index (χ0n) is 18.7. The molecule has 0 bridgehead atoms. The van der Waals surface area contributed by atoms with Gasteiger partial charge in [0.15, 0.2) is 0 Å². The molecule has 0 aliphatic carbocycles. The van der Waals surface area contributed by atoms with Crippen LogP contribution in [0.25, 0.3) is 0 Å². The lowest BCUT2D eigenvalue weighted by atomic mass is 9.88. The molecule has 32 heavy (non-hydrogen) atoms. The number of fused-ring (bicyclic) bond motifs is 2. The minimum atomic E-state index is -0.399. The number of carbonyl (C=O) groups is 2. The maximum absolute atomic E-state index is 13.3. The Bertz CT molecular complexity index is 1030. The first-order chi connectivity index (χ1) is 15.5. The number of rotatable bonds is 3. The van der Waals surface area contributed by atoms with Gasteiger partial charge in [-0.05, 0) is 31.5 Å². The normalized spacial score (nSPS) is 21.5. The van der Waals surface area contributed by atoms with E-state index in [-0.39, 0.29) is 24.2 Å². The maximum Gasteiger partial charge on any atom is 0.230 e. The fourth-order valence-electron chi connectivity index (χ4n) is 5.17. The Morgan fingerprint density at radius 2 is 1.94 bits per heavy atom. The molecule has 8 heteroatoms. The minimum Gasteiger partial charge on any atom is -0.373 e. The summed E-state index contributed by atoms with van der Waals surface area (Å²) >= 11 is 0. The van der Waals surface area contributed by atoms with Crippen molar-refractivity contribution in [1.82, 2.24) is 19.8 Å². The summed E-state index contributed by atoms with van der Waals surface area (Å²) < 4.78 is 0. The Morgan fingerprint density at radius 1 is 1.16 bits per heavy atom. The van der Waals surface area contributed by atoms with Crippen molar-refractivity contribution < 1.29 is 9.59 Å². The van der Waals surface area contributed by atoms with Crippen LogP contribution in [0.15, 0.2) is 24.3 Å². The predicted octanol–water partition coefficient (Wildman–Crippen LogP) is 2.34. The molecule has 3 aliphatic heterocycles. The van der Waals surface area contributed by atoms with Crippen molar-refractivity contribution in [3.05, 3.63) is 46.9 Å². The van der Waals surface area contributed by atoms with Crippen LogP contribution >= 0.6 is 0 Å². The van der Waals surface area contributed by atoms with E-state index >= 15 is 0 Å². The van der Waals surface area contributed by atoms with Crippen LogP contribution in [0, 0.1) is 0 Å². The fraction of sp³-hybridized carbons (Fsp3) is 0.500. The van der Waals surface area contributed by atoms with Crippen LogP contribution in [0.5, 0.6) is 0 Å². The van der Waals surface area contributed by atoms with Crippen molar-refractivity contribution in [2.24, 2.45) is 0 Å². The van der Waals surface area contributed by atoms with E-state index in [1.807, 2.05) is 36.2 Å². The second kappa shape index (κ2) is 8.50. The monoisotopic (exact) mass is 434 g/mol. The molecule has 0 radical (unpaired) electrons. The molecule has 2 N–H and O–H groups in total. The Balaban J connectivity index is 1.30. The molecule has 2 aromatic rings. The molecule has 1 atom stereocenters. The Labute approximate surface area is 188 Å². The lowest BCUT2D eigenvalue weighted by Gasteiger charge is -2.35. The SMILES string of the molecule is CNc1nc(C2CCN(C(=O)[C@H]3CC(=O)Nc4ccccc43)CC2)nc2c1CN(C)CC2. The van der Waals surface area contributed by atoms with Gasteiger partial charge in [0.05, 0.1) is 11.6 Å². The van der Waals surface area contributed by atoms with Crippen molar-refractivity contribution >= 4 is 23.3 Å². The number of para-hydroxylation sites is 1. The van der Waals surface area contributed by atoms with Gasteiger partial charge in [0.2, 0.25) is 11.8 Å². The highest BCUT2D eigenvalue weighted by Crippen LogP contribution is 2.35. The molecule has 1 fully saturated rings. The third-order valence-electron chi connectivity index (χ3n) is 6.97. The zero-order valence-corrected chi connectivity index (χ0v) is 18.7.